The Morgan fingerprint density at radius 3 is 2.30 bits per heavy atom. The van der Waals surface area contributed by atoms with E-state index in [9.17, 15) is 13.5 Å². The van der Waals surface area contributed by atoms with Crippen LogP contribution in [0.5, 0.6) is 5.75 Å². The van der Waals surface area contributed by atoms with Gasteiger partial charge >= 0.3 is 0 Å². The molecule has 0 saturated carbocycles. The summed E-state index contributed by atoms with van der Waals surface area (Å²) in [5.74, 6) is 0.677. The molecule has 6 heteroatoms. The molecular formula is C21H36O5S. The maximum Gasteiger partial charge on any atom is 0.267 e. The van der Waals surface area contributed by atoms with Crippen molar-refractivity contribution < 1.29 is 22.4 Å². The van der Waals surface area contributed by atoms with Crippen LogP contribution < -0.4 is 4.74 Å². The van der Waals surface area contributed by atoms with Gasteiger partial charge in [-0.3, -0.25) is 4.18 Å². The summed E-state index contributed by atoms with van der Waals surface area (Å²) in [6.07, 6.45) is 9.31. The molecule has 27 heavy (non-hydrogen) atoms. The molecule has 0 aromatic heterocycles. The molecule has 0 heterocycles. The Bertz CT molecular complexity index is 600. The van der Waals surface area contributed by atoms with E-state index >= 15 is 0 Å². The van der Waals surface area contributed by atoms with Crippen LogP contribution in [0.25, 0.3) is 0 Å². The summed E-state index contributed by atoms with van der Waals surface area (Å²) in [6, 6.07) is 7.79. The van der Waals surface area contributed by atoms with Gasteiger partial charge in [0.05, 0.1) is 12.4 Å². The molecule has 0 aliphatic carbocycles. The van der Waals surface area contributed by atoms with E-state index in [2.05, 4.69) is 6.92 Å². The Morgan fingerprint density at radius 2 is 1.63 bits per heavy atom. The molecule has 1 aromatic carbocycles. The normalized spacial score (nSPS) is 12.9. The molecule has 5 nitrogen and oxygen atoms in total. The quantitative estimate of drug-likeness (QED) is 0.327. The van der Waals surface area contributed by atoms with Crippen LogP contribution in [0.4, 0.5) is 0 Å². The SMILES string of the molecule is CCCCCCCCCc1ccccc1OCC(CO)OS(=O)(=O)CCC. The van der Waals surface area contributed by atoms with E-state index < -0.39 is 22.8 Å². The van der Waals surface area contributed by atoms with E-state index in [-0.39, 0.29) is 12.4 Å². The second-order valence-electron chi connectivity index (χ2n) is 6.95. The van der Waals surface area contributed by atoms with Crippen LogP contribution in [0, 0.1) is 0 Å². The van der Waals surface area contributed by atoms with Crippen molar-refractivity contribution >= 4 is 10.1 Å². The summed E-state index contributed by atoms with van der Waals surface area (Å²) in [6.45, 7) is 3.60. The minimum absolute atomic E-state index is 0.00742. The van der Waals surface area contributed by atoms with Crippen LogP contribution in [0.2, 0.25) is 0 Å². The van der Waals surface area contributed by atoms with Crippen molar-refractivity contribution in [3.63, 3.8) is 0 Å². The predicted octanol–water partition coefficient (Wildman–Crippen LogP) is 4.48. The van der Waals surface area contributed by atoms with Crippen LogP contribution in [0.15, 0.2) is 24.3 Å². The molecular weight excluding hydrogens is 364 g/mol. The van der Waals surface area contributed by atoms with Gasteiger partial charge in [0.1, 0.15) is 18.5 Å². The van der Waals surface area contributed by atoms with E-state index in [1.165, 1.54) is 38.5 Å². The number of para-hydroxylation sites is 1. The Labute approximate surface area is 165 Å². The molecule has 0 amide bonds. The highest BCUT2D eigenvalue weighted by molar-refractivity contribution is 7.86. The van der Waals surface area contributed by atoms with Crippen LogP contribution in [-0.4, -0.2) is 38.6 Å². The number of hydrogen-bond donors (Lipinski definition) is 1. The molecule has 1 unspecified atom stereocenters. The van der Waals surface area contributed by atoms with Crippen LogP contribution in [-0.2, 0) is 20.7 Å². The average Bonchev–Trinajstić information content (AvgIpc) is 2.65. The third kappa shape index (κ3) is 10.7. The van der Waals surface area contributed by atoms with Gasteiger partial charge in [0.2, 0.25) is 0 Å². The molecule has 0 saturated heterocycles. The molecule has 0 bridgehead atoms. The highest BCUT2D eigenvalue weighted by Gasteiger charge is 2.19. The first-order chi connectivity index (χ1) is 13.0. The third-order valence-corrected chi connectivity index (χ3v) is 5.86. The molecule has 0 fully saturated rings. The molecule has 0 spiro atoms. The Hall–Kier alpha value is -1.11. The zero-order valence-corrected chi connectivity index (χ0v) is 17.7. The lowest BCUT2D eigenvalue weighted by molar-refractivity contribution is 0.0762. The third-order valence-electron chi connectivity index (χ3n) is 4.39. The number of hydrogen-bond acceptors (Lipinski definition) is 5. The summed E-state index contributed by atoms with van der Waals surface area (Å²) >= 11 is 0. The van der Waals surface area contributed by atoms with Crippen molar-refractivity contribution in [2.45, 2.75) is 77.7 Å². The van der Waals surface area contributed by atoms with E-state index in [0.717, 1.165) is 24.2 Å². The monoisotopic (exact) mass is 400 g/mol. The summed E-state index contributed by atoms with van der Waals surface area (Å²) in [4.78, 5) is 0. The van der Waals surface area contributed by atoms with Gasteiger partial charge in [0.25, 0.3) is 10.1 Å². The number of aryl methyl sites for hydroxylation is 1. The zero-order valence-electron chi connectivity index (χ0n) is 16.9. The van der Waals surface area contributed by atoms with Crippen molar-refractivity contribution in [1.29, 1.82) is 0 Å². The van der Waals surface area contributed by atoms with Gasteiger partial charge in [-0.2, -0.15) is 8.42 Å². The van der Waals surface area contributed by atoms with Gasteiger partial charge in [-0.1, -0.05) is 70.6 Å². The number of aliphatic hydroxyl groups is 1. The highest BCUT2D eigenvalue weighted by atomic mass is 32.2. The molecule has 1 N–H and O–H groups in total. The van der Waals surface area contributed by atoms with Crippen LogP contribution >= 0.6 is 0 Å². The maximum atomic E-state index is 11.8. The van der Waals surface area contributed by atoms with Gasteiger partial charge in [-0.15, -0.1) is 0 Å². The predicted molar refractivity (Wildman–Crippen MR) is 110 cm³/mol. The highest BCUT2D eigenvalue weighted by Crippen LogP contribution is 2.21. The van der Waals surface area contributed by atoms with Crippen molar-refractivity contribution in [3.8, 4) is 5.75 Å². The Morgan fingerprint density at radius 1 is 0.963 bits per heavy atom. The number of benzene rings is 1. The molecule has 0 radical (unpaired) electrons. The lowest BCUT2D eigenvalue weighted by atomic mass is 10.0. The summed E-state index contributed by atoms with van der Waals surface area (Å²) in [7, 11) is -3.62. The van der Waals surface area contributed by atoms with E-state index in [4.69, 9.17) is 8.92 Å². The molecule has 156 valence electrons. The second kappa shape index (κ2) is 14.0. The van der Waals surface area contributed by atoms with Gasteiger partial charge in [-0.05, 0) is 30.9 Å². The van der Waals surface area contributed by atoms with E-state index in [0.29, 0.717) is 6.42 Å². The van der Waals surface area contributed by atoms with Gasteiger partial charge < -0.3 is 9.84 Å². The number of ether oxygens (including phenoxy) is 1. The minimum Gasteiger partial charge on any atom is -0.490 e. The van der Waals surface area contributed by atoms with Crippen molar-refractivity contribution in [1.82, 2.24) is 0 Å². The first-order valence-corrected chi connectivity index (χ1v) is 11.8. The molecule has 0 aliphatic heterocycles. The fraction of sp³-hybridized carbons (Fsp3) is 0.714. The summed E-state index contributed by atoms with van der Waals surface area (Å²) in [5.41, 5.74) is 1.11. The maximum absolute atomic E-state index is 11.8. The van der Waals surface area contributed by atoms with Crippen molar-refractivity contribution in [2.75, 3.05) is 19.0 Å². The number of aliphatic hydroxyl groups excluding tert-OH is 1. The standard InChI is InChI=1S/C21H36O5S/c1-3-5-6-7-8-9-10-13-19-14-11-12-15-21(19)25-18-20(17-22)26-27(23,24)16-4-2/h11-12,14-15,20,22H,3-10,13,16-18H2,1-2H3. The summed E-state index contributed by atoms with van der Waals surface area (Å²) in [5, 5.41) is 9.40. The second-order valence-corrected chi connectivity index (χ2v) is 8.67. The molecule has 0 aliphatic rings. The fourth-order valence-corrected chi connectivity index (χ4v) is 4.05. The van der Waals surface area contributed by atoms with E-state index in [1.807, 2.05) is 24.3 Å². The average molecular weight is 401 g/mol. The fourth-order valence-electron chi connectivity index (χ4n) is 2.92. The molecule has 1 aromatic rings. The van der Waals surface area contributed by atoms with Gasteiger partial charge in [0, 0.05) is 0 Å². The lowest BCUT2D eigenvalue weighted by Gasteiger charge is -2.17. The topological polar surface area (TPSA) is 72.8 Å². The van der Waals surface area contributed by atoms with Crippen molar-refractivity contribution in [3.05, 3.63) is 29.8 Å². The Balaban J connectivity index is 2.46. The van der Waals surface area contributed by atoms with Crippen molar-refractivity contribution in [2.24, 2.45) is 0 Å². The van der Waals surface area contributed by atoms with Gasteiger partial charge in [-0.25, -0.2) is 0 Å². The number of rotatable bonds is 16. The number of unbranched alkanes of at least 4 members (excludes halogenated alkanes) is 6. The van der Waals surface area contributed by atoms with Gasteiger partial charge in [0.15, 0.2) is 0 Å². The van der Waals surface area contributed by atoms with E-state index in [1.54, 1.807) is 6.92 Å². The van der Waals surface area contributed by atoms with Crippen LogP contribution in [0.3, 0.4) is 0 Å². The Kier molecular flexibility index (Phi) is 12.4. The lowest BCUT2D eigenvalue weighted by Crippen LogP contribution is -2.29. The summed E-state index contributed by atoms with van der Waals surface area (Å²) < 4.78 is 34.3. The molecule has 1 atom stereocenters. The zero-order chi connectivity index (χ0) is 20.0. The largest absolute Gasteiger partial charge is 0.490 e. The first kappa shape index (κ1) is 23.9. The first-order valence-electron chi connectivity index (χ1n) is 10.2. The minimum atomic E-state index is -3.62. The molecule has 1 rings (SSSR count). The smallest absolute Gasteiger partial charge is 0.267 e. The van der Waals surface area contributed by atoms with Crippen LogP contribution in [0.1, 0.15) is 70.8 Å².